The minimum atomic E-state index is -0.512. The predicted molar refractivity (Wildman–Crippen MR) is 77.0 cm³/mol. The first kappa shape index (κ1) is 15.2. The number of aromatic nitrogens is 2. The van der Waals surface area contributed by atoms with Crippen molar-refractivity contribution in [2.24, 2.45) is 5.41 Å². The van der Waals surface area contributed by atoms with Gasteiger partial charge in [0.25, 0.3) is 0 Å². The maximum atomic E-state index is 10.9. The van der Waals surface area contributed by atoms with Crippen molar-refractivity contribution in [3.05, 3.63) is 22.2 Å². The number of nitrogens with one attached hydrogen (secondary N) is 1. The Labute approximate surface area is 121 Å². The van der Waals surface area contributed by atoms with Crippen LogP contribution in [0, 0.1) is 15.5 Å². The Hall–Kier alpha value is -2.22. The van der Waals surface area contributed by atoms with Crippen LogP contribution in [0.1, 0.15) is 26.7 Å². The summed E-state index contributed by atoms with van der Waals surface area (Å²) in [4.78, 5) is 10.4. The van der Waals surface area contributed by atoms with E-state index in [1.54, 1.807) is 6.07 Å². The van der Waals surface area contributed by atoms with Crippen molar-refractivity contribution in [1.29, 1.82) is 0 Å². The molecule has 0 radical (unpaired) electrons. The Morgan fingerprint density at radius 1 is 1.38 bits per heavy atom. The van der Waals surface area contributed by atoms with E-state index in [1.165, 1.54) is 6.07 Å². The average molecular weight is 294 g/mol. The monoisotopic (exact) mass is 294 g/mol. The summed E-state index contributed by atoms with van der Waals surface area (Å²) in [7, 11) is 0. The van der Waals surface area contributed by atoms with Gasteiger partial charge in [-0.1, -0.05) is 13.8 Å². The van der Waals surface area contributed by atoms with Gasteiger partial charge in [0.2, 0.25) is 5.52 Å². The van der Waals surface area contributed by atoms with Crippen molar-refractivity contribution in [3.8, 4) is 0 Å². The third-order valence-electron chi connectivity index (χ3n) is 3.36. The highest BCUT2D eigenvalue weighted by Gasteiger charge is 2.22. The maximum absolute atomic E-state index is 10.9. The number of rotatable bonds is 7. The normalized spacial score (nSPS) is 11.8. The minimum Gasteiger partial charge on any atom is -0.396 e. The molecule has 0 aliphatic rings. The fourth-order valence-corrected chi connectivity index (χ4v) is 2.12. The van der Waals surface area contributed by atoms with E-state index in [2.05, 4.69) is 34.1 Å². The summed E-state index contributed by atoms with van der Waals surface area (Å²) < 4.78 is 4.62. The largest absolute Gasteiger partial charge is 0.396 e. The molecule has 0 bridgehead atoms. The van der Waals surface area contributed by atoms with Crippen molar-refractivity contribution in [2.75, 3.05) is 18.5 Å². The molecule has 0 amide bonds. The lowest BCUT2D eigenvalue weighted by Crippen LogP contribution is -2.23. The van der Waals surface area contributed by atoms with Crippen molar-refractivity contribution < 1.29 is 14.7 Å². The third kappa shape index (κ3) is 3.46. The number of hydrogen-bond acceptors (Lipinski definition) is 7. The Balaban J connectivity index is 2.18. The van der Waals surface area contributed by atoms with E-state index < -0.39 is 4.92 Å². The molecule has 0 saturated carbocycles. The molecule has 0 fully saturated rings. The van der Waals surface area contributed by atoms with E-state index >= 15 is 0 Å². The first-order valence-corrected chi connectivity index (χ1v) is 6.69. The second-order valence-electron chi connectivity index (χ2n) is 5.70. The molecule has 2 aromatic rings. The van der Waals surface area contributed by atoms with Crippen LogP contribution < -0.4 is 5.32 Å². The minimum absolute atomic E-state index is 0.0198. The van der Waals surface area contributed by atoms with Crippen molar-refractivity contribution in [1.82, 2.24) is 10.3 Å². The zero-order valence-electron chi connectivity index (χ0n) is 12.0. The van der Waals surface area contributed by atoms with Gasteiger partial charge in [0.15, 0.2) is 5.52 Å². The van der Waals surface area contributed by atoms with Gasteiger partial charge in [0.05, 0.1) is 10.6 Å². The lowest BCUT2D eigenvalue weighted by molar-refractivity contribution is -0.383. The molecule has 0 unspecified atom stereocenters. The fourth-order valence-electron chi connectivity index (χ4n) is 2.12. The number of aliphatic hydroxyl groups is 1. The summed E-state index contributed by atoms with van der Waals surface area (Å²) in [6.07, 6.45) is 1.60. The van der Waals surface area contributed by atoms with Gasteiger partial charge >= 0.3 is 5.69 Å². The van der Waals surface area contributed by atoms with Gasteiger partial charge in [0, 0.05) is 19.2 Å². The molecule has 2 rings (SSSR count). The zero-order valence-corrected chi connectivity index (χ0v) is 12.0. The molecular formula is C13H18N4O4. The van der Waals surface area contributed by atoms with E-state index in [-0.39, 0.29) is 23.2 Å². The zero-order chi connectivity index (χ0) is 15.5. The smallest absolute Gasteiger partial charge is 0.300 e. The van der Waals surface area contributed by atoms with E-state index in [0.29, 0.717) is 17.7 Å². The number of hydrogen-bond donors (Lipinski definition) is 2. The second kappa shape index (κ2) is 6.04. The highest BCUT2D eigenvalue weighted by Crippen LogP contribution is 2.30. The van der Waals surface area contributed by atoms with Crippen molar-refractivity contribution in [3.63, 3.8) is 0 Å². The van der Waals surface area contributed by atoms with Crippen LogP contribution in [0.5, 0.6) is 0 Å². The predicted octanol–water partition coefficient (Wildman–Crippen LogP) is 2.34. The fraction of sp³-hybridized carbons (Fsp3) is 0.538. The average Bonchev–Trinajstić information content (AvgIpc) is 2.91. The summed E-state index contributed by atoms with van der Waals surface area (Å²) in [5, 5.41) is 30.4. The molecular weight excluding hydrogens is 276 g/mol. The number of nitrogens with zero attached hydrogens (tertiary/aromatic N) is 3. The molecule has 1 aromatic heterocycles. The van der Waals surface area contributed by atoms with Gasteiger partial charge in [-0.05, 0) is 34.6 Å². The van der Waals surface area contributed by atoms with Crippen LogP contribution in [0.4, 0.5) is 11.4 Å². The molecule has 8 nitrogen and oxygen atoms in total. The van der Waals surface area contributed by atoms with Crippen LogP contribution in [-0.4, -0.2) is 33.5 Å². The first-order valence-electron chi connectivity index (χ1n) is 6.69. The highest BCUT2D eigenvalue weighted by atomic mass is 16.6. The van der Waals surface area contributed by atoms with Gasteiger partial charge in [-0.25, -0.2) is 4.63 Å². The summed E-state index contributed by atoms with van der Waals surface area (Å²) >= 11 is 0. The van der Waals surface area contributed by atoms with E-state index in [4.69, 9.17) is 5.11 Å². The summed E-state index contributed by atoms with van der Waals surface area (Å²) in [5.41, 5.74) is 0.985. The van der Waals surface area contributed by atoms with Gasteiger partial charge in [0.1, 0.15) is 0 Å². The topological polar surface area (TPSA) is 114 Å². The van der Waals surface area contributed by atoms with Crippen LogP contribution >= 0.6 is 0 Å². The molecule has 114 valence electrons. The van der Waals surface area contributed by atoms with Gasteiger partial charge in [-0.2, -0.15) is 0 Å². The maximum Gasteiger partial charge on any atom is 0.300 e. The van der Waals surface area contributed by atoms with E-state index in [9.17, 15) is 10.1 Å². The molecule has 8 heteroatoms. The van der Waals surface area contributed by atoms with Gasteiger partial charge < -0.3 is 10.4 Å². The molecule has 2 N–H and O–H groups in total. The molecule has 0 aliphatic heterocycles. The number of non-ortho nitro benzene ring substituents is 1. The van der Waals surface area contributed by atoms with Crippen molar-refractivity contribution in [2.45, 2.75) is 26.7 Å². The first-order chi connectivity index (χ1) is 9.94. The van der Waals surface area contributed by atoms with Crippen LogP contribution in [0.15, 0.2) is 16.8 Å². The van der Waals surface area contributed by atoms with Crippen LogP contribution in [0.25, 0.3) is 11.0 Å². The quantitative estimate of drug-likeness (QED) is 0.595. The van der Waals surface area contributed by atoms with Crippen molar-refractivity contribution >= 4 is 22.4 Å². The highest BCUT2D eigenvalue weighted by molar-refractivity contribution is 5.93. The number of nitro benzene ring substituents is 1. The number of nitro groups is 1. The van der Waals surface area contributed by atoms with Gasteiger partial charge in [-0.3, -0.25) is 10.1 Å². The molecule has 0 aliphatic carbocycles. The van der Waals surface area contributed by atoms with E-state index in [1.807, 2.05) is 0 Å². The van der Waals surface area contributed by atoms with Gasteiger partial charge in [-0.15, -0.1) is 0 Å². The number of aliphatic hydroxyl groups excluding tert-OH is 1. The van der Waals surface area contributed by atoms with Crippen LogP contribution in [-0.2, 0) is 0 Å². The molecule has 0 atom stereocenters. The second-order valence-corrected chi connectivity index (χ2v) is 5.70. The SMILES string of the molecule is CC(C)(CCCO)CNc1ccc([N+](=O)[O-])c2nonc12. The third-order valence-corrected chi connectivity index (χ3v) is 3.36. The Morgan fingerprint density at radius 3 is 2.76 bits per heavy atom. The molecule has 1 aromatic carbocycles. The van der Waals surface area contributed by atoms with E-state index in [0.717, 1.165) is 12.8 Å². The molecule has 21 heavy (non-hydrogen) atoms. The number of anilines is 1. The Morgan fingerprint density at radius 2 is 2.10 bits per heavy atom. The summed E-state index contributed by atoms with van der Waals surface area (Å²) in [6, 6.07) is 2.99. The molecule has 0 saturated heterocycles. The molecule has 1 heterocycles. The molecule has 0 spiro atoms. The number of benzene rings is 1. The van der Waals surface area contributed by atoms with Crippen LogP contribution in [0.3, 0.4) is 0 Å². The summed E-state index contributed by atoms with van der Waals surface area (Å²) in [5.74, 6) is 0. The van der Waals surface area contributed by atoms with Crippen LogP contribution in [0.2, 0.25) is 0 Å². The standard InChI is InChI=1S/C13H18N4O4/c1-13(2,6-3-7-18)8-14-9-4-5-10(17(19)20)12-11(9)15-21-16-12/h4-5,14,18H,3,6-8H2,1-2H3. The lowest BCUT2D eigenvalue weighted by Gasteiger charge is -2.25. The summed E-state index contributed by atoms with van der Waals surface area (Å²) in [6.45, 7) is 4.98. The Bertz CT molecular complexity index is 638. The number of fused-ring (bicyclic) bond motifs is 1. The Kier molecular flexibility index (Phi) is 4.37. The lowest BCUT2D eigenvalue weighted by atomic mass is 9.88.